The Morgan fingerprint density at radius 3 is 2.31 bits per heavy atom. The predicted molar refractivity (Wildman–Crippen MR) is 102 cm³/mol. The SMILES string of the molecule is CCOC(=O)CCCNC(=O)c1ccccc1C(=O)c1ccc(Br)cc1. The maximum Gasteiger partial charge on any atom is 0.305 e. The van der Waals surface area contributed by atoms with Crippen molar-refractivity contribution >= 4 is 33.6 Å². The topological polar surface area (TPSA) is 72.5 Å². The molecule has 26 heavy (non-hydrogen) atoms. The van der Waals surface area contributed by atoms with Crippen molar-refractivity contribution in [3.8, 4) is 0 Å². The Kier molecular flexibility index (Phi) is 7.53. The van der Waals surface area contributed by atoms with E-state index in [0.717, 1.165) is 4.47 Å². The van der Waals surface area contributed by atoms with Gasteiger partial charge < -0.3 is 10.1 Å². The highest BCUT2D eigenvalue weighted by Gasteiger charge is 2.17. The number of nitrogens with one attached hydrogen (secondary N) is 1. The summed E-state index contributed by atoms with van der Waals surface area (Å²) in [5.74, 6) is -0.836. The highest BCUT2D eigenvalue weighted by atomic mass is 79.9. The number of ether oxygens (including phenoxy) is 1. The Balaban J connectivity index is 2.03. The summed E-state index contributed by atoms with van der Waals surface area (Å²) >= 11 is 3.34. The molecule has 0 radical (unpaired) electrons. The number of benzene rings is 2. The van der Waals surface area contributed by atoms with Crippen molar-refractivity contribution < 1.29 is 19.1 Å². The number of esters is 1. The average molecular weight is 418 g/mol. The van der Waals surface area contributed by atoms with Gasteiger partial charge in [-0.25, -0.2) is 0 Å². The van der Waals surface area contributed by atoms with Crippen molar-refractivity contribution in [2.24, 2.45) is 0 Å². The number of rotatable bonds is 8. The molecule has 0 aliphatic carbocycles. The standard InChI is InChI=1S/C20H20BrNO4/c1-2-26-18(23)8-5-13-22-20(25)17-7-4-3-6-16(17)19(24)14-9-11-15(21)12-10-14/h3-4,6-7,9-12H,2,5,8,13H2,1H3,(H,22,25). The Labute approximate surface area is 160 Å². The summed E-state index contributed by atoms with van der Waals surface area (Å²) in [6, 6.07) is 13.7. The summed E-state index contributed by atoms with van der Waals surface area (Å²) in [6.07, 6.45) is 0.723. The molecule has 0 bridgehead atoms. The molecule has 0 aliphatic rings. The van der Waals surface area contributed by atoms with Gasteiger partial charge in [-0.1, -0.05) is 34.1 Å². The van der Waals surface area contributed by atoms with E-state index in [1.807, 2.05) is 0 Å². The fourth-order valence-electron chi connectivity index (χ4n) is 2.40. The number of hydrogen-bond acceptors (Lipinski definition) is 4. The minimum atomic E-state index is -0.338. The Morgan fingerprint density at radius 2 is 1.65 bits per heavy atom. The van der Waals surface area contributed by atoms with E-state index < -0.39 is 0 Å². The lowest BCUT2D eigenvalue weighted by atomic mass is 9.98. The van der Waals surface area contributed by atoms with Gasteiger partial charge >= 0.3 is 5.97 Å². The minimum Gasteiger partial charge on any atom is -0.466 e. The number of carbonyl (C=O) groups is 3. The lowest BCUT2D eigenvalue weighted by Crippen LogP contribution is -2.27. The van der Waals surface area contributed by atoms with Gasteiger partial charge in [-0.3, -0.25) is 14.4 Å². The first-order valence-electron chi connectivity index (χ1n) is 8.36. The molecule has 0 aromatic heterocycles. The molecule has 2 rings (SSSR count). The molecule has 1 amide bonds. The second-order valence-electron chi connectivity index (χ2n) is 5.55. The van der Waals surface area contributed by atoms with Crippen LogP contribution in [0, 0.1) is 0 Å². The van der Waals surface area contributed by atoms with Gasteiger partial charge in [0.25, 0.3) is 5.91 Å². The summed E-state index contributed by atoms with van der Waals surface area (Å²) in [5.41, 5.74) is 1.17. The summed E-state index contributed by atoms with van der Waals surface area (Å²) < 4.78 is 5.72. The number of carbonyl (C=O) groups excluding carboxylic acids is 3. The van der Waals surface area contributed by atoms with Gasteiger partial charge in [0.15, 0.2) is 5.78 Å². The Morgan fingerprint density at radius 1 is 1.00 bits per heavy atom. The van der Waals surface area contributed by atoms with E-state index in [9.17, 15) is 14.4 Å². The zero-order chi connectivity index (χ0) is 18.9. The highest BCUT2D eigenvalue weighted by molar-refractivity contribution is 9.10. The van der Waals surface area contributed by atoms with Gasteiger partial charge in [0.1, 0.15) is 0 Å². The monoisotopic (exact) mass is 417 g/mol. The average Bonchev–Trinajstić information content (AvgIpc) is 2.65. The number of hydrogen-bond donors (Lipinski definition) is 1. The van der Waals surface area contributed by atoms with Crippen LogP contribution in [0.4, 0.5) is 0 Å². The summed E-state index contributed by atoms with van der Waals surface area (Å²) in [5, 5.41) is 2.75. The first-order valence-corrected chi connectivity index (χ1v) is 9.15. The largest absolute Gasteiger partial charge is 0.466 e. The minimum absolute atomic E-state index is 0.213. The van der Waals surface area contributed by atoms with Gasteiger partial charge in [-0.15, -0.1) is 0 Å². The van der Waals surface area contributed by atoms with Crippen LogP contribution < -0.4 is 5.32 Å². The van der Waals surface area contributed by atoms with Crippen LogP contribution in [0.5, 0.6) is 0 Å². The molecule has 0 aliphatic heterocycles. The third-order valence-electron chi connectivity index (χ3n) is 3.67. The second kappa shape index (κ2) is 9.87. The lowest BCUT2D eigenvalue weighted by molar-refractivity contribution is -0.143. The number of ketones is 1. The van der Waals surface area contributed by atoms with Crippen LogP contribution in [0.1, 0.15) is 46.0 Å². The molecule has 0 fully saturated rings. The molecule has 0 heterocycles. The number of amides is 1. The zero-order valence-corrected chi connectivity index (χ0v) is 16.0. The third kappa shape index (κ3) is 5.52. The molecule has 2 aromatic carbocycles. The smallest absolute Gasteiger partial charge is 0.305 e. The summed E-state index contributed by atoms with van der Waals surface area (Å²) in [7, 11) is 0. The molecule has 0 unspecified atom stereocenters. The van der Waals surface area contributed by atoms with Crippen LogP contribution in [0.15, 0.2) is 53.0 Å². The third-order valence-corrected chi connectivity index (χ3v) is 4.20. The van der Waals surface area contributed by atoms with Crippen LogP contribution in [0.25, 0.3) is 0 Å². The Hall–Kier alpha value is -2.47. The number of halogens is 1. The van der Waals surface area contributed by atoms with Crippen LogP contribution in [0.2, 0.25) is 0 Å². The van der Waals surface area contributed by atoms with Crippen LogP contribution in [0.3, 0.4) is 0 Å². The summed E-state index contributed by atoms with van der Waals surface area (Å²) in [6.45, 7) is 2.42. The molecule has 2 aromatic rings. The van der Waals surface area contributed by atoms with Gasteiger partial charge in [0.05, 0.1) is 12.2 Å². The quantitative estimate of drug-likeness (QED) is 0.403. The molecule has 0 saturated heterocycles. The van der Waals surface area contributed by atoms with Gasteiger partial charge in [-0.05, 0) is 43.7 Å². The molecule has 0 atom stereocenters. The molecule has 6 heteroatoms. The first-order chi connectivity index (χ1) is 12.5. The Bertz CT molecular complexity index is 787. The van der Waals surface area contributed by atoms with Crippen LogP contribution in [-0.4, -0.2) is 30.8 Å². The van der Waals surface area contributed by atoms with Crippen LogP contribution in [-0.2, 0) is 9.53 Å². The maximum absolute atomic E-state index is 12.7. The summed E-state index contributed by atoms with van der Waals surface area (Å²) in [4.78, 5) is 36.5. The van der Waals surface area contributed by atoms with Crippen molar-refractivity contribution in [3.05, 3.63) is 69.7 Å². The van der Waals surface area contributed by atoms with Gasteiger partial charge in [0, 0.05) is 28.6 Å². The molecule has 5 nitrogen and oxygen atoms in total. The van der Waals surface area contributed by atoms with E-state index >= 15 is 0 Å². The van der Waals surface area contributed by atoms with Gasteiger partial charge in [0.2, 0.25) is 0 Å². The fourth-order valence-corrected chi connectivity index (χ4v) is 2.66. The maximum atomic E-state index is 12.7. The van der Waals surface area contributed by atoms with E-state index in [2.05, 4.69) is 21.2 Å². The van der Waals surface area contributed by atoms with E-state index in [-0.39, 0.29) is 24.1 Å². The highest BCUT2D eigenvalue weighted by Crippen LogP contribution is 2.17. The van der Waals surface area contributed by atoms with Crippen molar-refractivity contribution in [2.75, 3.05) is 13.2 Å². The van der Waals surface area contributed by atoms with E-state index in [1.165, 1.54) is 0 Å². The molecule has 136 valence electrons. The van der Waals surface area contributed by atoms with Gasteiger partial charge in [-0.2, -0.15) is 0 Å². The van der Waals surface area contributed by atoms with Crippen molar-refractivity contribution in [1.82, 2.24) is 5.32 Å². The van der Waals surface area contributed by atoms with E-state index in [4.69, 9.17) is 4.74 Å². The van der Waals surface area contributed by atoms with Crippen molar-refractivity contribution in [1.29, 1.82) is 0 Å². The molecular formula is C20H20BrNO4. The van der Waals surface area contributed by atoms with E-state index in [0.29, 0.717) is 36.3 Å². The lowest BCUT2D eigenvalue weighted by Gasteiger charge is -2.10. The zero-order valence-electron chi connectivity index (χ0n) is 14.5. The van der Waals surface area contributed by atoms with E-state index in [1.54, 1.807) is 55.5 Å². The molecule has 0 spiro atoms. The first kappa shape index (κ1) is 19.8. The van der Waals surface area contributed by atoms with Crippen molar-refractivity contribution in [2.45, 2.75) is 19.8 Å². The fraction of sp³-hybridized carbons (Fsp3) is 0.250. The van der Waals surface area contributed by atoms with Crippen molar-refractivity contribution in [3.63, 3.8) is 0 Å². The molecular weight excluding hydrogens is 398 g/mol. The van der Waals surface area contributed by atoms with Crippen LogP contribution >= 0.6 is 15.9 Å². The second-order valence-corrected chi connectivity index (χ2v) is 6.46. The molecule has 1 N–H and O–H groups in total. The molecule has 0 saturated carbocycles. The normalized spacial score (nSPS) is 10.2. The predicted octanol–water partition coefficient (Wildman–Crippen LogP) is 3.75.